The summed E-state index contributed by atoms with van der Waals surface area (Å²) >= 11 is 0. The first kappa shape index (κ1) is 9.05. The molecule has 1 heteroatoms. The highest BCUT2D eigenvalue weighted by atomic mass is 15.0. The Labute approximate surface area is 70.6 Å². The van der Waals surface area contributed by atoms with Gasteiger partial charge in [0.25, 0.3) is 0 Å². The van der Waals surface area contributed by atoms with Crippen LogP contribution in [0.1, 0.15) is 40.5 Å². The van der Waals surface area contributed by atoms with Crippen LogP contribution >= 0.6 is 0 Å². The van der Waals surface area contributed by atoms with E-state index in [0.29, 0.717) is 5.41 Å². The molecule has 1 N–H and O–H groups in total. The third-order valence-electron chi connectivity index (χ3n) is 2.81. The summed E-state index contributed by atoms with van der Waals surface area (Å²) in [5.41, 5.74) is 0.442. The van der Waals surface area contributed by atoms with Crippen LogP contribution in [0.2, 0.25) is 0 Å². The van der Waals surface area contributed by atoms with Crippen LogP contribution in [0.25, 0.3) is 0 Å². The summed E-state index contributed by atoms with van der Waals surface area (Å²) in [6.45, 7) is 10.5. The van der Waals surface area contributed by atoms with E-state index in [1.807, 2.05) is 0 Å². The first-order valence-corrected chi connectivity index (χ1v) is 4.79. The van der Waals surface area contributed by atoms with Gasteiger partial charge in [0.05, 0.1) is 0 Å². The van der Waals surface area contributed by atoms with E-state index in [2.05, 4.69) is 33.0 Å². The second-order valence-electron chi connectivity index (χ2n) is 4.75. The number of nitrogens with one attached hydrogen (secondary N) is 1. The van der Waals surface area contributed by atoms with Gasteiger partial charge in [0.1, 0.15) is 0 Å². The Morgan fingerprint density at radius 1 is 1.36 bits per heavy atom. The zero-order valence-electron chi connectivity index (χ0n) is 8.28. The molecular formula is C10H21N. The van der Waals surface area contributed by atoms with Gasteiger partial charge in [-0.2, -0.15) is 0 Å². The highest BCUT2D eigenvalue weighted by Gasteiger charge is 2.34. The number of hydrogen-bond acceptors (Lipinski definition) is 1. The Bertz CT molecular complexity index is 123. The lowest BCUT2D eigenvalue weighted by atomic mass is 9.79. The molecule has 0 amide bonds. The predicted molar refractivity (Wildman–Crippen MR) is 49.6 cm³/mol. The molecule has 0 spiro atoms. The molecule has 1 aliphatic rings. The van der Waals surface area contributed by atoms with Crippen molar-refractivity contribution in [1.82, 2.24) is 5.32 Å². The monoisotopic (exact) mass is 155 g/mol. The average Bonchev–Trinajstić information content (AvgIpc) is 2.31. The molecule has 1 nitrogen and oxygen atoms in total. The largest absolute Gasteiger partial charge is 0.313 e. The van der Waals surface area contributed by atoms with Crippen molar-refractivity contribution in [3.05, 3.63) is 0 Å². The van der Waals surface area contributed by atoms with E-state index in [1.165, 1.54) is 19.4 Å². The summed E-state index contributed by atoms with van der Waals surface area (Å²) < 4.78 is 0. The molecule has 11 heavy (non-hydrogen) atoms. The maximum absolute atomic E-state index is 3.60. The average molecular weight is 155 g/mol. The van der Waals surface area contributed by atoms with Gasteiger partial charge >= 0.3 is 0 Å². The molecule has 0 aromatic rings. The molecule has 0 saturated carbocycles. The fraction of sp³-hybridized carbons (Fsp3) is 1.00. The molecule has 1 rings (SSSR count). The van der Waals surface area contributed by atoms with Crippen LogP contribution in [0.4, 0.5) is 0 Å². The van der Waals surface area contributed by atoms with Crippen molar-refractivity contribution < 1.29 is 0 Å². The van der Waals surface area contributed by atoms with E-state index in [0.717, 1.165) is 12.0 Å². The van der Waals surface area contributed by atoms with Crippen molar-refractivity contribution in [3.63, 3.8) is 0 Å². The van der Waals surface area contributed by atoms with Crippen molar-refractivity contribution in [2.75, 3.05) is 6.54 Å². The van der Waals surface area contributed by atoms with Crippen molar-refractivity contribution in [1.29, 1.82) is 0 Å². The van der Waals surface area contributed by atoms with Crippen LogP contribution in [-0.2, 0) is 0 Å². The van der Waals surface area contributed by atoms with Crippen LogP contribution < -0.4 is 5.32 Å². The van der Waals surface area contributed by atoms with E-state index >= 15 is 0 Å². The smallest absolute Gasteiger partial charge is 0.0144 e. The van der Waals surface area contributed by atoms with Crippen molar-refractivity contribution in [2.45, 2.75) is 46.6 Å². The molecule has 66 valence electrons. The molecule has 0 aromatic heterocycles. The molecule has 1 fully saturated rings. The minimum absolute atomic E-state index is 0.442. The van der Waals surface area contributed by atoms with Crippen LogP contribution in [0, 0.1) is 11.3 Å². The van der Waals surface area contributed by atoms with Gasteiger partial charge < -0.3 is 5.32 Å². The van der Waals surface area contributed by atoms with Crippen LogP contribution in [0.5, 0.6) is 0 Å². The molecule has 1 heterocycles. The van der Waals surface area contributed by atoms with E-state index in [-0.39, 0.29) is 0 Å². The third kappa shape index (κ3) is 1.96. The molecule has 0 radical (unpaired) electrons. The molecule has 2 atom stereocenters. The van der Waals surface area contributed by atoms with Crippen molar-refractivity contribution >= 4 is 0 Å². The summed E-state index contributed by atoms with van der Waals surface area (Å²) in [4.78, 5) is 0. The Kier molecular flexibility index (Phi) is 2.58. The maximum atomic E-state index is 3.60. The second-order valence-corrected chi connectivity index (χ2v) is 4.75. The van der Waals surface area contributed by atoms with Gasteiger partial charge in [-0.25, -0.2) is 0 Å². The van der Waals surface area contributed by atoms with E-state index in [9.17, 15) is 0 Å². The molecule has 2 unspecified atom stereocenters. The van der Waals surface area contributed by atoms with Gasteiger partial charge in [-0.3, -0.25) is 0 Å². The van der Waals surface area contributed by atoms with Gasteiger partial charge in [0.2, 0.25) is 0 Å². The Morgan fingerprint density at radius 3 is 2.36 bits per heavy atom. The quantitative estimate of drug-likeness (QED) is 0.613. The lowest BCUT2D eigenvalue weighted by Gasteiger charge is -2.31. The van der Waals surface area contributed by atoms with Gasteiger partial charge in [0, 0.05) is 6.04 Å². The normalized spacial score (nSPS) is 32.7. The van der Waals surface area contributed by atoms with E-state index in [1.54, 1.807) is 0 Å². The summed E-state index contributed by atoms with van der Waals surface area (Å²) in [5, 5.41) is 3.60. The van der Waals surface area contributed by atoms with Gasteiger partial charge in [-0.05, 0) is 24.3 Å². The molecule has 0 aromatic carbocycles. The Morgan fingerprint density at radius 2 is 2.00 bits per heavy atom. The summed E-state index contributed by atoms with van der Waals surface area (Å²) in [6, 6.07) is 0.743. The zero-order valence-corrected chi connectivity index (χ0v) is 8.28. The highest BCUT2D eigenvalue weighted by molar-refractivity contribution is 4.90. The van der Waals surface area contributed by atoms with Crippen LogP contribution in [0.15, 0.2) is 0 Å². The van der Waals surface area contributed by atoms with E-state index in [4.69, 9.17) is 0 Å². The Balaban J connectivity index is 2.57. The van der Waals surface area contributed by atoms with Crippen molar-refractivity contribution in [3.8, 4) is 0 Å². The van der Waals surface area contributed by atoms with Gasteiger partial charge in [-0.1, -0.05) is 34.1 Å². The minimum Gasteiger partial charge on any atom is -0.313 e. The fourth-order valence-corrected chi connectivity index (χ4v) is 2.21. The first-order chi connectivity index (χ1) is 5.05. The Hall–Kier alpha value is -0.0400. The number of rotatable bonds is 1. The lowest BCUT2D eigenvalue weighted by Crippen LogP contribution is -2.39. The molecule has 1 aliphatic heterocycles. The fourth-order valence-electron chi connectivity index (χ4n) is 2.21. The van der Waals surface area contributed by atoms with Gasteiger partial charge in [0.15, 0.2) is 0 Å². The number of hydrogen-bond donors (Lipinski definition) is 1. The molecule has 0 aliphatic carbocycles. The standard InChI is InChI=1S/C10H21N/c1-5-8-6-7-11-9(8)10(2,3)4/h8-9,11H,5-7H2,1-4H3. The van der Waals surface area contributed by atoms with Crippen LogP contribution in [-0.4, -0.2) is 12.6 Å². The topological polar surface area (TPSA) is 12.0 Å². The maximum Gasteiger partial charge on any atom is 0.0144 e. The SMILES string of the molecule is CCC1CCNC1C(C)(C)C. The summed E-state index contributed by atoms with van der Waals surface area (Å²) in [5.74, 6) is 0.912. The third-order valence-corrected chi connectivity index (χ3v) is 2.81. The first-order valence-electron chi connectivity index (χ1n) is 4.79. The second kappa shape index (κ2) is 3.14. The summed E-state index contributed by atoms with van der Waals surface area (Å²) in [7, 11) is 0. The van der Waals surface area contributed by atoms with Crippen molar-refractivity contribution in [2.24, 2.45) is 11.3 Å². The summed E-state index contributed by atoms with van der Waals surface area (Å²) in [6.07, 6.45) is 2.70. The molecule has 1 saturated heterocycles. The lowest BCUT2D eigenvalue weighted by molar-refractivity contribution is 0.235. The predicted octanol–water partition coefficient (Wildman–Crippen LogP) is 2.42. The van der Waals surface area contributed by atoms with Gasteiger partial charge in [-0.15, -0.1) is 0 Å². The van der Waals surface area contributed by atoms with E-state index < -0.39 is 0 Å². The molecular weight excluding hydrogens is 134 g/mol. The zero-order chi connectivity index (χ0) is 8.48. The highest BCUT2D eigenvalue weighted by Crippen LogP contribution is 2.32. The minimum atomic E-state index is 0.442. The van der Waals surface area contributed by atoms with Crippen LogP contribution in [0.3, 0.4) is 0 Å². The molecule has 0 bridgehead atoms.